The van der Waals surface area contributed by atoms with Crippen LogP contribution in [-0.2, 0) is 0 Å². The van der Waals surface area contributed by atoms with Crippen LogP contribution in [0, 0.1) is 11.3 Å². The zero-order valence-corrected chi connectivity index (χ0v) is 19.3. The van der Waals surface area contributed by atoms with E-state index in [2.05, 4.69) is 16.4 Å². The molecule has 158 valence electrons. The van der Waals surface area contributed by atoms with Crippen molar-refractivity contribution in [3.05, 3.63) is 39.0 Å². The molecule has 0 spiro atoms. The number of nitrogens with one attached hydrogen (secondary N) is 1. The van der Waals surface area contributed by atoms with Crippen LogP contribution in [-0.4, -0.2) is 35.6 Å². The van der Waals surface area contributed by atoms with Gasteiger partial charge in [-0.25, -0.2) is 9.78 Å². The molecule has 0 radical (unpaired) electrons. The molecule has 2 aromatic rings. The summed E-state index contributed by atoms with van der Waals surface area (Å²) in [4.78, 5) is 19.0. The summed E-state index contributed by atoms with van der Waals surface area (Å²) in [5.41, 5.74) is 0.734. The van der Waals surface area contributed by atoms with E-state index < -0.39 is 0 Å². The Kier molecular flexibility index (Phi) is 7.95. The van der Waals surface area contributed by atoms with Gasteiger partial charge < -0.3 is 15.0 Å². The fourth-order valence-electron chi connectivity index (χ4n) is 2.89. The SMILES string of the molecule is CCCOc1c(Cl)c(Cl)nc(Sc2ccc(NC(=O)N3CCCC3)c(Cl)c2)c1C#N. The summed E-state index contributed by atoms with van der Waals surface area (Å²) in [6.07, 6.45) is 2.78. The summed E-state index contributed by atoms with van der Waals surface area (Å²) in [7, 11) is 0. The number of hydrogen-bond acceptors (Lipinski definition) is 5. The highest BCUT2D eigenvalue weighted by Gasteiger charge is 2.21. The van der Waals surface area contributed by atoms with E-state index in [9.17, 15) is 10.1 Å². The molecule has 0 unspecified atom stereocenters. The molecule has 1 saturated heterocycles. The Balaban J connectivity index is 1.82. The van der Waals surface area contributed by atoms with Gasteiger partial charge in [0.05, 0.1) is 17.3 Å². The molecule has 6 nitrogen and oxygen atoms in total. The van der Waals surface area contributed by atoms with Crippen molar-refractivity contribution in [1.29, 1.82) is 5.26 Å². The molecule has 1 aromatic carbocycles. The fourth-order valence-corrected chi connectivity index (χ4v) is 4.51. The normalized spacial score (nSPS) is 13.2. The molecule has 30 heavy (non-hydrogen) atoms. The molecule has 0 saturated carbocycles. The minimum Gasteiger partial charge on any atom is -0.490 e. The lowest BCUT2D eigenvalue weighted by Gasteiger charge is -2.17. The number of urea groups is 1. The van der Waals surface area contributed by atoms with Crippen molar-refractivity contribution in [3.8, 4) is 11.8 Å². The summed E-state index contributed by atoms with van der Waals surface area (Å²) in [5.74, 6) is 0.226. The van der Waals surface area contributed by atoms with Crippen LogP contribution in [0.5, 0.6) is 5.75 Å². The quantitative estimate of drug-likeness (QED) is 0.474. The van der Waals surface area contributed by atoms with E-state index in [0.717, 1.165) is 37.2 Å². The average molecular weight is 486 g/mol. The van der Waals surface area contributed by atoms with Crippen molar-refractivity contribution in [3.63, 3.8) is 0 Å². The molecular weight excluding hydrogens is 467 g/mol. The molecule has 1 N–H and O–H groups in total. The first-order chi connectivity index (χ1) is 14.4. The first-order valence-corrected chi connectivity index (χ1v) is 11.3. The maximum absolute atomic E-state index is 12.3. The van der Waals surface area contributed by atoms with Gasteiger partial charge in [-0.15, -0.1) is 0 Å². The van der Waals surface area contributed by atoms with Gasteiger partial charge in [0, 0.05) is 18.0 Å². The van der Waals surface area contributed by atoms with Gasteiger partial charge in [-0.05, 0) is 37.5 Å². The molecule has 0 bridgehead atoms. The lowest BCUT2D eigenvalue weighted by Crippen LogP contribution is -2.32. The van der Waals surface area contributed by atoms with Gasteiger partial charge in [0.2, 0.25) is 0 Å². The van der Waals surface area contributed by atoms with Crippen LogP contribution in [0.25, 0.3) is 0 Å². The number of carbonyl (C=O) groups is 1. The van der Waals surface area contributed by atoms with E-state index >= 15 is 0 Å². The first-order valence-electron chi connectivity index (χ1n) is 9.39. The molecule has 2 amide bonds. The average Bonchev–Trinajstić information content (AvgIpc) is 3.26. The van der Waals surface area contributed by atoms with Crippen LogP contribution < -0.4 is 10.1 Å². The van der Waals surface area contributed by atoms with Crippen molar-refractivity contribution in [1.82, 2.24) is 9.88 Å². The zero-order chi connectivity index (χ0) is 21.7. The van der Waals surface area contributed by atoms with Crippen molar-refractivity contribution in [2.75, 3.05) is 25.0 Å². The van der Waals surface area contributed by atoms with E-state index in [1.165, 1.54) is 11.8 Å². The number of aromatic nitrogens is 1. The van der Waals surface area contributed by atoms with Gasteiger partial charge in [0.15, 0.2) is 10.9 Å². The van der Waals surface area contributed by atoms with Crippen LogP contribution >= 0.6 is 46.6 Å². The number of pyridine rings is 1. The molecule has 10 heteroatoms. The van der Waals surface area contributed by atoms with Crippen molar-refractivity contribution < 1.29 is 9.53 Å². The number of likely N-dealkylation sites (tertiary alicyclic amines) is 1. The van der Waals surface area contributed by atoms with Crippen LogP contribution in [0.2, 0.25) is 15.2 Å². The van der Waals surface area contributed by atoms with Gasteiger partial charge in [-0.1, -0.05) is 53.5 Å². The Bertz CT molecular complexity index is 991. The van der Waals surface area contributed by atoms with Gasteiger partial charge in [-0.2, -0.15) is 5.26 Å². The molecule has 3 rings (SSSR count). The van der Waals surface area contributed by atoms with Crippen molar-refractivity contribution in [2.45, 2.75) is 36.1 Å². The van der Waals surface area contributed by atoms with Crippen molar-refractivity contribution in [2.24, 2.45) is 0 Å². The maximum atomic E-state index is 12.3. The Morgan fingerprint density at radius 3 is 2.70 bits per heavy atom. The summed E-state index contributed by atoms with van der Waals surface area (Å²) >= 11 is 19.9. The molecule has 1 aliphatic rings. The fraction of sp³-hybridized carbons (Fsp3) is 0.350. The number of anilines is 1. The summed E-state index contributed by atoms with van der Waals surface area (Å²) in [6.45, 7) is 3.85. The zero-order valence-electron chi connectivity index (χ0n) is 16.2. The van der Waals surface area contributed by atoms with Crippen LogP contribution in [0.1, 0.15) is 31.7 Å². The predicted molar refractivity (Wildman–Crippen MR) is 120 cm³/mol. The second kappa shape index (κ2) is 10.5. The molecule has 1 fully saturated rings. The van der Waals surface area contributed by atoms with Gasteiger partial charge in [0.25, 0.3) is 0 Å². The van der Waals surface area contributed by atoms with Gasteiger partial charge >= 0.3 is 6.03 Å². The number of amides is 2. The van der Waals surface area contributed by atoms with Crippen LogP contribution in [0.4, 0.5) is 10.5 Å². The number of benzene rings is 1. The molecular formula is C20H19Cl3N4O2S. The third kappa shape index (κ3) is 5.25. The lowest BCUT2D eigenvalue weighted by atomic mass is 10.3. The van der Waals surface area contributed by atoms with E-state index in [1.807, 2.05) is 6.92 Å². The number of carbonyl (C=O) groups excluding carboxylic acids is 1. The monoisotopic (exact) mass is 484 g/mol. The smallest absolute Gasteiger partial charge is 0.321 e. The molecule has 1 aromatic heterocycles. The standard InChI is InChI=1S/C20H19Cl3N4O2S/c1-2-9-29-17-13(11-24)19(26-18(23)16(17)22)30-12-5-6-15(14(21)10-12)25-20(28)27-7-3-4-8-27/h5-6,10H,2-4,7-9H2,1H3,(H,25,28). The predicted octanol–water partition coefficient (Wildman–Crippen LogP) is 6.48. The third-order valence-corrected chi connectivity index (χ3v) is 6.39. The summed E-state index contributed by atoms with van der Waals surface area (Å²) in [5, 5.41) is 13.4. The number of ether oxygens (including phenoxy) is 1. The highest BCUT2D eigenvalue weighted by atomic mass is 35.5. The van der Waals surface area contributed by atoms with Crippen LogP contribution in [0.3, 0.4) is 0 Å². The minimum atomic E-state index is -0.162. The third-order valence-electron chi connectivity index (χ3n) is 4.37. The topological polar surface area (TPSA) is 78.2 Å². The Morgan fingerprint density at radius 1 is 1.33 bits per heavy atom. The Hall–Kier alpha value is -1.85. The molecule has 2 heterocycles. The van der Waals surface area contributed by atoms with Gasteiger partial charge in [-0.3, -0.25) is 0 Å². The minimum absolute atomic E-state index is 0.0601. The molecule has 1 aliphatic heterocycles. The highest BCUT2D eigenvalue weighted by molar-refractivity contribution is 7.99. The summed E-state index contributed by atoms with van der Waals surface area (Å²) < 4.78 is 5.63. The van der Waals surface area contributed by atoms with E-state index in [1.54, 1.807) is 23.1 Å². The van der Waals surface area contributed by atoms with E-state index in [-0.39, 0.29) is 27.5 Å². The second-order valence-corrected chi connectivity index (χ2v) is 8.76. The van der Waals surface area contributed by atoms with E-state index in [0.29, 0.717) is 22.3 Å². The Labute approximate surface area is 194 Å². The number of halogens is 3. The molecule has 0 aliphatic carbocycles. The number of nitrogens with zero attached hydrogens (tertiary/aromatic N) is 3. The molecule has 0 atom stereocenters. The van der Waals surface area contributed by atoms with E-state index in [4.69, 9.17) is 39.5 Å². The Morgan fingerprint density at radius 2 is 2.07 bits per heavy atom. The largest absolute Gasteiger partial charge is 0.490 e. The van der Waals surface area contributed by atoms with Gasteiger partial charge in [0.1, 0.15) is 21.7 Å². The first kappa shape index (κ1) is 22.8. The number of rotatable bonds is 6. The maximum Gasteiger partial charge on any atom is 0.321 e. The number of hydrogen-bond donors (Lipinski definition) is 1. The highest BCUT2D eigenvalue weighted by Crippen LogP contribution is 2.41. The summed E-state index contributed by atoms with van der Waals surface area (Å²) in [6, 6.07) is 7.14. The van der Waals surface area contributed by atoms with Crippen LogP contribution in [0.15, 0.2) is 28.1 Å². The lowest BCUT2D eigenvalue weighted by molar-refractivity contribution is 0.222. The van der Waals surface area contributed by atoms with Crippen molar-refractivity contribution >= 4 is 58.3 Å². The number of nitriles is 1. The second-order valence-electron chi connectivity index (χ2n) is 6.55.